The zero-order chi connectivity index (χ0) is 12.7. The lowest BCUT2D eigenvalue weighted by molar-refractivity contribution is 0.148. The zero-order valence-corrected chi connectivity index (χ0v) is 10.4. The Hall–Kier alpha value is -1.53. The minimum atomic E-state index is -0.605. The maximum atomic E-state index is 9.99. The van der Waals surface area contributed by atoms with Crippen molar-refractivity contribution in [1.82, 2.24) is 0 Å². The second-order valence-corrected chi connectivity index (χ2v) is 4.09. The maximum absolute atomic E-state index is 9.99. The molecule has 1 aromatic carbocycles. The summed E-state index contributed by atoms with van der Waals surface area (Å²) in [5.74, 6) is 0.238. The first-order valence-corrected chi connectivity index (χ1v) is 5.94. The van der Waals surface area contributed by atoms with Crippen LogP contribution in [0.15, 0.2) is 24.3 Å². The normalized spacial score (nSPS) is 13.8. The molecule has 2 unspecified atom stereocenters. The molecule has 0 spiro atoms. The lowest BCUT2D eigenvalue weighted by atomic mass is 9.91. The Balaban J connectivity index is 2.82. The molecule has 0 saturated carbocycles. The summed E-state index contributed by atoms with van der Waals surface area (Å²) < 4.78 is 5.12. The van der Waals surface area contributed by atoms with E-state index in [1.807, 2.05) is 24.3 Å². The Kier molecular flexibility index (Phi) is 5.51. The van der Waals surface area contributed by atoms with Gasteiger partial charge in [0.05, 0.1) is 25.2 Å². The molecule has 0 aliphatic rings. The van der Waals surface area contributed by atoms with Crippen LogP contribution in [-0.2, 0) is 0 Å². The molecular weight excluding hydrogens is 214 g/mol. The lowest BCUT2D eigenvalue weighted by Crippen LogP contribution is -2.17. The second-order valence-electron chi connectivity index (χ2n) is 4.09. The van der Waals surface area contributed by atoms with E-state index in [0.717, 1.165) is 18.4 Å². The molecule has 0 radical (unpaired) electrons. The predicted molar refractivity (Wildman–Crippen MR) is 66.9 cm³/mol. The molecule has 0 saturated heterocycles. The van der Waals surface area contributed by atoms with Crippen molar-refractivity contribution in [1.29, 1.82) is 5.26 Å². The Morgan fingerprint density at radius 2 is 2.24 bits per heavy atom. The molecule has 0 heterocycles. The second kappa shape index (κ2) is 6.93. The van der Waals surface area contributed by atoms with Gasteiger partial charge in [0.15, 0.2) is 0 Å². The topological polar surface area (TPSA) is 53.2 Å². The fourth-order valence-corrected chi connectivity index (χ4v) is 1.80. The van der Waals surface area contributed by atoms with Gasteiger partial charge in [-0.15, -0.1) is 0 Å². The zero-order valence-electron chi connectivity index (χ0n) is 10.4. The predicted octanol–water partition coefficient (Wildman–Crippen LogP) is 2.85. The fraction of sp³-hybridized carbons (Fsp3) is 0.500. The molecule has 1 rings (SSSR count). The van der Waals surface area contributed by atoms with E-state index in [0.29, 0.717) is 12.2 Å². The van der Waals surface area contributed by atoms with Crippen LogP contribution in [0.25, 0.3) is 0 Å². The molecule has 17 heavy (non-hydrogen) atoms. The first-order chi connectivity index (χ1) is 8.22. The highest BCUT2D eigenvalue weighted by Crippen LogP contribution is 2.25. The van der Waals surface area contributed by atoms with Gasteiger partial charge in [0.25, 0.3) is 0 Å². The van der Waals surface area contributed by atoms with Gasteiger partial charge >= 0.3 is 0 Å². The number of methoxy groups -OCH3 is 1. The van der Waals surface area contributed by atoms with Crippen molar-refractivity contribution in [2.24, 2.45) is 0 Å². The Bertz CT molecular complexity index is 384. The van der Waals surface area contributed by atoms with Crippen LogP contribution in [0.1, 0.15) is 37.7 Å². The maximum Gasteiger partial charge on any atom is 0.119 e. The van der Waals surface area contributed by atoms with Crippen LogP contribution in [0.5, 0.6) is 5.75 Å². The van der Waals surface area contributed by atoms with E-state index in [9.17, 15) is 5.11 Å². The number of aliphatic hydroxyl groups is 1. The summed E-state index contributed by atoms with van der Waals surface area (Å²) in [6.07, 6.45) is 2.01. The Morgan fingerprint density at radius 1 is 1.47 bits per heavy atom. The van der Waals surface area contributed by atoms with E-state index in [4.69, 9.17) is 10.00 Å². The van der Waals surface area contributed by atoms with Gasteiger partial charge in [0, 0.05) is 0 Å². The number of unbranched alkanes of at least 4 members (excludes halogenated alkanes) is 1. The van der Waals surface area contributed by atoms with E-state index in [2.05, 4.69) is 13.0 Å². The number of rotatable bonds is 6. The largest absolute Gasteiger partial charge is 0.497 e. The molecule has 3 heteroatoms. The Morgan fingerprint density at radius 3 is 2.82 bits per heavy atom. The number of nitrogens with zero attached hydrogens (tertiary/aromatic N) is 1. The summed E-state index contributed by atoms with van der Waals surface area (Å²) in [5, 5.41) is 19.2. The number of nitriles is 1. The van der Waals surface area contributed by atoms with Crippen molar-refractivity contribution >= 4 is 0 Å². The summed E-state index contributed by atoms with van der Waals surface area (Å²) in [7, 11) is 1.59. The van der Waals surface area contributed by atoms with Crippen LogP contribution in [0, 0.1) is 11.3 Å². The van der Waals surface area contributed by atoms with Crippen LogP contribution in [-0.4, -0.2) is 18.3 Å². The summed E-state index contributed by atoms with van der Waals surface area (Å²) in [4.78, 5) is 0. The SMILES string of the molecule is CCCCC(O)C(C#N)c1cccc(OC)c1. The molecule has 1 aromatic rings. The molecule has 3 nitrogen and oxygen atoms in total. The van der Waals surface area contributed by atoms with Gasteiger partial charge in [-0.05, 0) is 24.1 Å². The fourth-order valence-electron chi connectivity index (χ4n) is 1.80. The van der Waals surface area contributed by atoms with Crippen molar-refractivity contribution < 1.29 is 9.84 Å². The van der Waals surface area contributed by atoms with Crippen LogP contribution in [0.2, 0.25) is 0 Å². The van der Waals surface area contributed by atoms with Crippen molar-refractivity contribution in [2.75, 3.05) is 7.11 Å². The van der Waals surface area contributed by atoms with Crippen LogP contribution in [0.4, 0.5) is 0 Å². The van der Waals surface area contributed by atoms with Gasteiger partial charge in [-0.1, -0.05) is 31.9 Å². The molecule has 0 bridgehead atoms. The molecule has 0 amide bonds. The van der Waals surface area contributed by atoms with E-state index >= 15 is 0 Å². The third kappa shape index (κ3) is 3.76. The van der Waals surface area contributed by atoms with Crippen LogP contribution >= 0.6 is 0 Å². The number of hydrogen-bond donors (Lipinski definition) is 1. The number of benzene rings is 1. The summed E-state index contributed by atoms with van der Waals surface area (Å²) >= 11 is 0. The van der Waals surface area contributed by atoms with Gasteiger partial charge in [0.2, 0.25) is 0 Å². The average molecular weight is 233 g/mol. The van der Waals surface area contributed by atoms with Crippen molar-refractivity contribution in [3.8, 4) is 11.8 Å². The van der Waals surface area contributed by atoms with Crippen molar-refractivity contribution in [3.63, 3.8) is 0 Å². The van der Waals surface area contributed by atoms with Gasteiger partial charge in [-0.3, -0.25) is 0 Å². The molecule has 0 fully saturated rings. The highest BCUT2D eigenvalue weighted by Gasteiger charge is 2.20. The minimum absolute atomic E-state index is 0.475. The van der Waals surface area contributed by atoms with Gasteiger partial charge < -0.3 is 9.84 Å². The summed E-state index contributed by atoms with van der Waals surface area (Å²) in [6.45, 7) is 2.07. The van der Waals surface area contributed by atoms with Crippen molar-refractivity contribution in [3.05, 3.63) is 29.8 Å². The summed E-state index contributed by atoms with van der Waals surface area (Å²) in [6, 6.07) is 9.50. The first kappa shape index (κ1) is 13.5. The lowest BCUT2D eigenvalue weighted by Gasteiger charge is -2.17. The van der Waals surface area contributed by atoms with E-state index in [-0.39, 0.29) is 0 Å². The molecule has 1 N–H and O–H groups in total. The number of hydrogen-bond acceptors (Lipinski definition) is 3. The molecule has 92 valence electrons. The molecule has 0 aliphatic heterocycles. The molecular formula is C14H19NO2. The van der Waals surface area contributed by atoms with E-state index < -0.39 is 12.0 Å². The number of ether oxygens (including phenoxy) is 1. The third-order valence-corrected chi connectivity index (χ3v) is 2.83. The van der Waals surface area contributed by atoms with Gasteiger partial charge in [-0.2, -0.15) is 5.26 Å². The minimum Gasteiger partial charge on any atom is -0.497 e. The monoisotopic (exact) mass is 233 g/mol. The van der Waals surface area contributed by atoms with Gasteiger partial charge in [0.1, 0.15) is 5.75 Å². The standard InChI is InChI=1S/C14H19NO2/c1-3-4-8-14(16)13(10-15)11-6-5-7-12(9-11)17-2/h5-7,9,13-14,16H,3-4,8H2,1-2H3. The highest BCUT2D eigenvalue weighted by molar-refractivity contribution is 5.34. The molecule has 2 atom stereocenters. The molecule has 0 aliphatic carbocycles. The van der Waals surface area contributed by atoms with E-state index in [1.165, 1.54) is 0 Å². The quantitative estimate of drug-likeness (QED) is 0.822. The highest BCUT2D eigenvalue weighted by atomic mass is 16.5. The van der Waals surface area contributed by atoms with Crippen LogP contribution < -0.4 is 4.74 Å². The number of aliphatic hydroxyl groups excluding tert-OH is 1. The summed E-state index contributed by atoms with van der Waals surface area (Å²) in [5.41, 5.74) is 0.815. The van der Waals surface area contributed by atoms with Crippen LogP contribution in [0.3, 0.4) is 0 Å². The molecule has 0 aromatic heterocycles. The van der Waals surface area contributed by atoms with Crippen molar-refractivity contribution in [2.45, 2.75) is 38.2 Å². The van der Waals surface area contributed by atoms with Gasteiger partial charge in [-0.25, -0.2) is 0 Å². The Labute approximate surface area is 103 Å². The third-order valence-electron chi connectivity index (χ3n) is 2.83. The smallest absolute Gasteiger partial charge is 0.119 e. The average Bonchev–Trinajstić information content (AvgIpc) is 2.37. The first-order valence-electron chi connectivity index (χ1n) is 5.94. The van der Waals surface area contributed by atoms with E-state index in [1.54, 1.807) is 7.11 Å².